The lowest BCUT2D eigenvalue weighted by atomic mass is 9.99. The van der Waals surface area contributed by atoms with Crippen LogP contribution in [0.2, 0.25) is 0 Å². The van der Waals surface area contributed by atoms with Crippen molar-refractivity contribution in [2.75, 3.05) is 12.4 Å². The molecular formula is C15H25N3. The van der Waals surface area contributed by atoms with Gasteiger partial charge in [-0.25, -0.2) is 9.97 Å². The summed E-state index contributed by atoms with van der Waals surface area (Å²) in [6.07, 6.45) is 8.92. The molecule has 1 aromatic rings. The van der Waals surface area contributed by atoms with Gasteiger partial charge in [0.25, 0.3) is 0 Å². The van der Waals surface area contributed by atoms with Crippen LogP contribution in [0.15, 0.2) is 0 Å². The van der Waals surface area contributed by atoms with E-state index in [0.717, 1.165) is 18.1 Å². The first-order chi connectivity index (χ1) is 8.76. The van der Waals surface area contributed by atoms with Gasteiger partial charge in [0.05, 0.1) is 0 Å². The molecule has 0 atom stereocenters. The molecule has 0 aromatic carbocycles. The minimum Gasteiger partial charge on any atom is -0.373 e. The molecule has 1 saturated carbocycles. The lowest BCUT2D eigenvalue weighted by Crippen LogP contribution is -2.10. The fourth-order valence-electron chi connectivity index (χ4n) is 2.89. The van der Waals surface area contributed by atoms with Crippen LogP contribution in [0, 0.1) is 6.92 Å². The van der Waals surface area contributed by atoms with Gasteiger partial charge in [-0.05, 0) is 26.2 Å². The monoisotopic (exact) mass is 247 g/mol. The number of aromatic nitrogens is 2. The minimum atomic E-state index is 0.575. The Bertz CT molecular complexity index is 368. The molecule has 0 saturated heterocycles. The topological polar surface area (TPSA) is 37.8 Å². The van der Waals surface area contributed by atoms with Crippen molar-refractivity contribution in [3.05, 3.63) is 17.1 Å². The van der Waals surface area contributed by atoms with E-state index in [9.17, 15) is 0 Å². The quantitative estimate of drug-likeness (QED) is 0.825. The fourth-order valence-corrected chi connectivity index (χ4v) is 2.89. The molecule has 3 nitrogen and oxygen atoms in total. The van der Waals surface area contributed by atoms with Crippen molar-refractivity contribution in [1.29, 1.82) is 0 Å². The summed E-state index contributed by atoms with van der Waals surface area (Å²) in [6, 6.07) is 0. The maximum atomic E-state index is 4.81. The van der Waals surface area contributed by atoms with Gasteiger partial charge < -0.3 is 5.32 Å². The van der Waals surface area contributed by atoms with Gasteiger partial charge in [-0.2, -0.15) is 0 Å². The SMILES string of the molecule is CCc1nc(C2CCCCCC2)nc(NC)c1C. The Morgan fingerprint density at radius 1 is 1.11 bits per heavy atom. The Labute approximate surface area is 110 Å². The van der Waals surface area contributed by atoms with Crippen LogP contribution >= 0.6 is 0 Å². The van der Waals surface area contributed by atoms with E-state index >= 15 is 0 Å². The smallest absolute Gasteiger partial charge is 0.134 e. The lowest BCUT2D eigenvalue weighted by molar-refractivity contribution is 0.557. The van der Waals surface area contributed by atoms with Crippen molar-refractivity contribution >= 4 is 5.82 Å². The van der Waals surface area contributed by atoms with E-state index in [2.05, 4.69) is 19.2 Å². The van der Waals surface area contributed by atoms with Crippen molar-refractivity contribution in [3.63, 3.8) is 0 Å². The molecule has 0 amide bonds. The summed E-state index contributed by atoms with van der Waals surface area (Å²) in [4.78, 5) is 9.56. The zero-order chi connectivity index (χ0) is 13.0. The van der Waals surface area contributed by atoms with Crippen LogP contribution in [-0.4, -0.2) is 17.0 Å². The average molecular weight is 247 g/mol. The maximum absolute atomic E-state index is 4.81. The summed E-state index contributed by atoms with van der Waals surface area (Å²) in [5.74, 6) is 2.66. The Morgan fingerprint density at radius 2 is 1.78 bits per heavy atom. The van der Waals surface area contributed by atoms with E-state index < -0.39 is 0 Å². The zero-order valence-corrected chi connectivity index (χ0v) is 11.9. The van der Waals surface area contributed by atoms with Gasteiger partial charge in [-0.3, -0.25) is 0 Å². The fraction of sp³-hybridized carbons (Fsp3) is 0.733. The normalized spacial score (nSPS) is 17.5. The number of rotatable bonds is 3. The highest BCUT2D eigenvalue weighted by Gasteiger charge is 2.19. The summed E-state index contributed by atoms with van der Waals surface area (Å²) in [5.41, 5.74) is 2.41. The van der Waals surface area contributed by atoms with E-state index in [0.29, 0.717) is 5.92 Å². The van der Waals surface area contributed by atoms with Crippen molar-refractivity contribution < 1.29 is 0 Å². The van der Waals surface area contributed by atoms with Gasteiger partial charge >= 0.3 is 0 Å². The highest BCUT2D eigenvalue weighted by Crippen LogP contribution is 2.31. The third-order valence-electron chi connectivity index (χ3n) is 4.06. The molecule has 0 radical (unpaired) electrons. The van der Waals surface area contributed by atoms with E-state index in [1.54, 1.807) is 0 Å². The van der Waals surface area contributed by atoms with E-state index in [-0.39, 0.29) is 0 Å². The third kappa shape index (κ3) is 2.82. The summed E-state index contributed by atoms with van der Waals surface area (Å²) >= 11 is 0. The predicted molar refractivity (Wildman–Crippen MR) is 76.1 cm³/mol. The number of nitrogens with zero attached hydrogens (tertiary/aromatic N) is 2. The number of hydrogen-bond donors (Lipinski definition) is 1. The van der Waals surface area contributed by atoms with Gasteiger partial charge in [0.15, 0.2) is 0 Å². The molecule has 1 aromatic heterocycles. The Hall–Kier alpha value is -1.12. The molecule has 18 heavy (non-hydrogen) atoms. The van der Waals surface area contributed by atoms with Crippen LogP contribution in [0.3, 0.4) is 0 Å². The van der Waals surface area contributed by atoms with Gasteiger partial charge in [0.1, 0.15) is 11.6 Å². The van der Waals surface area contributed by atoms with Crippen LogP contribution < -0.4 is 5.32 Å². The zero-order valence-electron chi connectivity index (χ0n) is 11.9. The second kappa shape index (κ2) is 6.17. The van der Waals surface area contributed by atoms with Crippen molar-refractivity contribution in [2.45, 2.75) is 64.7 Å². The molecule has 1 fully saturated rings. The first-order valence-corrected chi connectivity index (χ1v) is 7.31. The molecule has 1 aliphatic carbocycles. The van der Waals surface area contributed by atoms with Crippen LogP contribution in [0.4, 0.5) is 5.82 Å². The lowest BCUT2D eigenvalue weighted by Gasteiger charge is -2.17. The molecule has 100 valence electrons. The Kier molecular flexibility index (Phi) is 4.56. The largest absolute Gasteiger partial charge is 0.373 e. The molecule has 0 spiro atoms. The summed E-state index contributed by atoms with van der Waals surface area (Å²) in [7, 11) is 1.95. The molecule has 0 bridgehead atoms. The van der Waals surface area contributed by atoms with Gasteiger partial charge in [0, 0.05) is 24.2 Å². The van der Waals surface area contributed by atoms with E-state index in [1.165, 1.54) is 49.8 Å². The number of nitrogens with one attached hydrogen (secondary N) is 1. The van der Waals surface area contributed by atoms with Crippen LogP contribution in [0.1, 0.15) is 68.4 Å². The van der Waals surface area contributed by atoms with Crippen LogP contribution in [-0.2, 0) is 6.42 Å². The molecule has 0 unspecified atom stereocenters. The van der Waals surface area contributed by atoms with Crippen molar-refractivity contribution in [2.24, 2.45) is 0 Å². The first kappa shape index (κ1) is 13.3. The standard InChI is InChI=1S/C15H25N3/c1-4-13-11(2)14(16-3)18-15(17-13)12-9-7-5-6-8-10-12/h12H,4-10H2,1-3H3,(H,16,17,18). The molecule has 1 heterocycles. The molecule has 3 heteroatoms. The maximum Gasteiger partial charge on any atom is 0.134 e. The average Bonchev–Trinajstić information content (AvgIpc) is 2.68. The Morgan fingerprint density at radius 3 is 2.33 bits per heavy atom. The Balaban J connectivity index is 2.31. The third-order valence-corrected chi connectivity index (χ3v) is 4.06. The van der Waals surface area contributed by atoms with Gasteiger partial charge in [-0.1, -0.05) is 32.6 Å². The van der Waals surface area contributed by atoms with Crippen molar-refractivity contribution in [3.8, 4) is 0 Å². The number of hydrogen-bond acceptors (Lipinski definition) is 3. The first-order valence-electron chi connectivity index (χ1n) is 7.31. The number of anilines is 1. The number of aryl methyl sites for hydroxylation is 1. The second-order valence-corrected chi connectivity index (χ2v) is 5.29. The van der Waals surface area contributed by atoms with Crippen molar-refractivity contribution in [1.82, 2.24) is 9.97 Å². The summed E-state index contributed by atoms with van der Waals surface area (Å²) in [6.45, 7) is 4.28. The van der Waals surface area contributed by atoms with Gasteiger partial charge in [-0.15, -0.1) is 0 Å². The molecular weight excluding hydrogens is 222 g/mol. The molecule has 2 rings (SSSR count). The van der Waals surface area contributed by atoms with E-state index in [1.807, 2.05) is 7.05 Å². The van der Waals surface area contributed by atoms with Crippen LogP contribution in [0.25, 0.3) is 0 Å². The summed E-state index contributed by atoms with van der Waals surface area (Å²) in [5, 5.41) is 3.21. The second-order valence-electron chi connectivity index (χ2n) is 5.29. The molecule has 0 aliphatic heterocycles. The summed E-state index contributed by atoms with van der Waals surface area (Å²) < 4.78 is 0. The molecule has 1 N–H and O–H groups in total. The van der Waals surface area contributed by atoms with Crippen LogP contribution in [0.5, 0.6) is 0 Å². The highest BCUT2D eigenvalue weighted by atomic mass is 15.0. The van der Waals surface area contributed by atoms with E-state index in [4.69, 9.17) is 9.97 Å². The highest BCUT2D eigenvalue weighted by molar-refractivity contribution is 5.45. The molecule has 1 aliphatic rings. The van der Waals surface area contributed by atoms with Gasteiger partial charge in [0.2, 0.25) is 0 Å². The minimum absolute atomic E-state index is 0.575. The predicted octanol–water partition coefficient (Wildman–Crippen LogP) is 3.83.